The van der Waals surface area contributed by atoms with Crippen molar-refractivity contribution < 1.29 is 14.7 Å². The highest BCUT2D eigenvalue weighted by molar-refractivity contribution is 9.10. The Bertz CT molecular complexity index is 1140. The van der Waals surface area contributed by atoms with Crippen molar-refractivity contribution >= 4 is 39.3 Å². The number of aryl methyl sites for hydroxylation is 1. The van der Waals surface area contributed by atoms with Gasteiger partial charge < -0.3 is 15.7 Å². The van der Waals surface area contributed by atoms with Crippen molar-refractivity contribution in [3.63, 3.8) is 0 Å². The maximum atomic E-state index is 12.9. The molecule has 0 saturated heterocycles. The van der Waals surface area contributed by atoms with Gasteiger partial charge in [0.25, 0.3) is 5.91 Å². The Hall–Kier alpha value is -3.39. The molecule has 3 N–H and O–H groups in total. The Morgan fingerprint density at radius 2 is 1.90 bits per heavy atom. The van der Waals surface area contributed by atoms with Crippen LogP contribution in [0.15, 0.2) is 71.0 Å². The molecule has 0 bridgehead atoms. The Morgan fingerprint density at radius 3 is 2.59 bits per heavy atom. The van der Waals surface area contributed by atoms with E-state index >= 15 is 0 Å². The number of benzene rings is 2. The lowest BCUT2D eigenvalue weighted by atomic mass is 10.0. The Kier molecular flexibility index (Phi) is 4.94. The van der Waals surface area contributed by atoms with Crippen LogP contribution in [0.5, 0.6) is 0 Å². The number of carboxylic acids is 1. The van der Waals surface area contributed by atoms with Crippen molar-refractivity contribution in [1.82, 2.24) is 9.78 Å². The number of aromatic nitrogens is 2. The second-order valence-corrected chi connectivity index (χ2v) is 7.54. The first-order valence-electron chi connectivity index (χ1n) is 8.86. The first-order valence-corrected chi connectivity index (χ1v) is 9.65. The molecule has 1 aromatic heterocycles. The molecule has 1 amide bonds. The monoisotopic (exact) mass is 452 g/mol. The molecular weight excluding hydrogens is 436 g/mol. The maximum absolute atomic E-state index is 12.9. The Morgan fingerprint density at radius 1 is 1.17 bits per heavy atom. The number of anilines is 2. The first kappa shape index (κ1) is 18.9. The number of allylic oxidation sites excluding steroid dienone is 1. The average Bonchev–Trinajstić information content (AvgIpc) is 3.14. The number of aliphatic carboxylic acids is 1. The molecule has 1 atom stereocenters. The molecule has 4 rings (SSSR count). The zero-order valence-electron chi connectivity index (χ0n) is 15.4. The molecule has 1 unspecified atom stereocenters. The van der Waals surface area contributed by atoms with Crippen LogP contribution in [0.3, 0.4) is 0 Å². The molecule has 1 aliphatic rings. The lowest BCUT2D eigenvalue weighted by Crippen LogP contribution is -2.25. The third-order valence-corrected chi connectivity index (χ3v) is 5.25. The van der Waals surface area contributed by atoms with Crippen LogP contribution in [0.2, 0.25) is 0 Å². The van der Waals surface area contributed by atoms with Crippen LogP contribution >= 0.6 is 15.9 Å². The summed E-state index contributed by atoms with van der Waals surface area (Å²) in [5, 5.41) is 19.6. The SMILES string of the molecule is Cc1ccccc1NC(=O)c1cnn2c1NC(C(=O)O)=CC2c1ccc(Br)cc1. The summed E-state index contributed by atoms with van der Waals surface area (Å²) in [6.07, 6.45) is 3.02. The molecule has 2 aromatic carbocycles. The van der Waals surface area contributed by atoms with Crippen molar-refractivity contribution in [2.45, 2.75) is 13.0 Å². The molecule has 1 aliphatic heterocycles. The molecule has 0 aliphatic carbocycles. The van der Waals surface area contributed by atoms with Gasteiger partial charge in [0.1, 0.15) is 17.1 Å². The van der Waals surface area contributed by atoms with Crippen molar-refractivity contribution in [2.24, 2.45) is 0 Å². The predicted octanol–water partition coefficient (Wildman–Crippen LogP) is 4.19. The number of carbonyl (C=O) groups excluding carboxylic acids is 1. The van der Waals surface area contributed by atoms with E-state index in [4.69, 9.17) is 0 Å². The molecule has 146 valence electrons. The first-order chi connectivity index (χ1) is 13.9. The lowest BCUT2D eigenvalue weighted by molar-refractivity contribution is -0.132. The van der Waals surface area contributed by atoms with Gasteiger partial charge in [0, 0.05) is 10.2 Å². The maximum Gasteiger partial charge on any atom is 0.352 e. The van der Waals surface area contributed by atoms with Crippen molar-refractivity contribution in [3.05, 3.63) is 87.7 Å². The minimum atomic E-state index is -1.11. The second-order valence-electron chi connectivity index (χ2n) is 6.63. The largest absolute Gasteiger partial charge is 0.477 e. The number of fused-ring (bicyclic) bond motifs is 1. The highest BCUT2D eigenvalue weighted by Crippen LogP contribution is 2.33. The summed E-state index contributed by atoms with van der Waals surface area (Å²) in [4.78, 5) is 24.6. The highest BCUT2D eigenvalue weighted by atomic mass is 79.9. The van der Waals surface area contributed by atoms with E-state index in [0.717, 1.165) is 15.6 Å². The fourth-order valence-corrected chi connectivity index (χ4v) is 3.45. The summed E-state index contributed by atoms with van der Waals surface area (Å²) in [5.74, 6) is -1.14. The number of amides is 1. The Labute approximate surface area is 175 Å². The third kappa shape index (κ3) is 3.66. The molecule has 0 radical (unpaired) electrons. The number of rotatable bonds is 4. The van der Waals surface area contributed by atoms with E-state index < -0.39 is 12.0 Å². The van der Waals surface area contributed by atoms with Crippen LogP contribution in [0.25, 0.3) is 0 Å². The van der Waals surface area contributed by atoms with Gasteiger partial charge in [-0.1, -0.05) is 46.3 Å². The van der Waals surface area contributed by atoms with Gasteiger partial charge in [-0.05, 0) is 42.3 Å². The molecule has 29 heavy (non-hydrogen) atoms. The topological polar surface area (TPSA) is 96.3 Å². The number of hydrogen-bond donors (Lipinski definition) is 3. The van der Waals surface area contributed by atoms with E-state index in [1.54, 1.807) is 10.8 Å². The van der Waals surface area contributed by atoms with Crippen LogP contribution in [0.4, 0.5) is 11.5 Å². The average molecular weight is 453 g/mol. The van der Waals surface area contributed by atoms with E-state index in [0.29, 0.717) is 11.5 Å². The third-order valence-electron chi connectivity index (χ3n) is 4.72. The van der Waals surface area contributed by atoms with Crippen molar-refractivity contribution in [1.29, 1.82) is 0 Å². The van der Waals surface area contributed by atoms with Crippen LogP contribution in [-0.4, -0.2) is 26.8 Å². The number of para-hydroxylation sites is 1. The zero-order chi connectivity index (χ0) is 20.5. The van der Waals surface area contributed by atoms with Gasteiger partial charge in [-0.3, -0.25) is 4.79 Å². The number of nitrogens with one attached hydrogen (secondary N) is 2. The van der Waals surface area contributed by atoms with Crippen LogP contribution < -0.4 is 10.6 Å². The van der Waals surface area contributed by atoms with E-state index in [1.807, 2.05) is 55.5 Å². The minimum absolute atomic E-state index is 0.00383. The van der Waals surface area contributed by atoms with Crippen LogP contribution in [0.1, 0.15) is 27.5 Å². The number of nitrogens with zero attached hydrogens (tertiary/aromatic N) is 2. The zero-order valence-corrected chi connectivity index (χ0v) is 17.0. The summed E-state index contributed by atoms with van der Waals surface area (Å²) in [7, 11) is 0. The molecule has 0 spiro atoms. The quantitative estimate of drug-likeness (QED) is 0.551. The fourth-order valence-electron chi connectivity index (χ4n) is 3.19. The van der Waals surface area contributed by atoms with Crippen LogP contribution in [-0.2, 0) is 4.79 Å². The van der Waals surface area contributed by atoms with Crippen molar-refractivity contribution in [3.8, 4) is 0 Å². The number of carbonyl (C=O) groups is 2. The van der Waals surface area contributed by atoms with Crippen LogP contribution in [0, 0.1) is 6.92 Å². The van der Waals surface area contributed by atoms with Gasteiger partial charge >= 0.3 is 5.97 Å². The number of carboxylic acid groups (broad SMARTS) is 1. The molecule has 3 aromatic rings. The standard InChI is InChI=1S/C21H17BrN4O3/c1-12-4-2-3-5-16(12)25-20(27)15-11-23-26-18(13-6-8-14(22)9-7-13)10-17(21(28)29)24-19(15)26/h2-11,18,24H,1H3,(H,25,27)(H,28,29). The summed E-state index contributed by atoms with van der Waals surface area (Å²) in [6.45, 7) is 1.90. The van der Waals surface area contributed by atoms with Gasteiger partial charge in [-0.15, -0.1) is 0 Å². The smallest absolute Gasteiger partial charge is 0.352 e. The molecule has 7 nitrogen and oxygen atoms in total. The van der Waals surface area contributed by atoms with E-state index in [-0.39, 0.29) is 17.2 Å². The van der Waals surface area contributed by atoms with Gasteiger partial charge in [-0.25, -0.2) is 9.48 Å². The Balaban J connectivity index is 1.73. The molecule has 0 saturated carbocycles. The summed E-state index contributed by atoms with van der Waals surface area (Å²) >= 11 is 3.40. The van der Waals surface area contributed by atoms with E-state index in [9.17, 15) is 14.7 Å². The molecule has 2 heterocycles. The summed E-state index contributed by atoms with van der Waals surface area (Å²) in [5.41, 5.74) is 2.72. The fraction of sp³-hybridized carbons (Fsp3) is 0.0952. The molecule has 0 fully saturated rings. The molecule has 8 heteroatoms. The van der Waals surface area contributed by atoms with Gasteiger partial charge in [0.2, 0.25) is 0 Å². The normalized spacial score (nSPS) is 15.1. The van der Waals surface area contributed by atoms with E-state index in [1.165, 1.54) is 6.20 Å². The summed E-state index contributed by atoms with van der Waals surface area (Å²) < 4.78 is 2.53. The summed E-state index contributed by atoms with van der Waals surface area (Å²) in [6, 6.07) is 14.5. The van der Waals surface area contributed by atoms with Gasteiger partial charge in [0.15, 0.2) is 0 Å². The number of halogens is 1. The molecular formula is C21H17BrN4O3. The highest BCUT2D eigenvalue weighted by Gasteiger charge is 2.29. The number of hydrogen-bond acceptors (Lipinski definition) is 4. The minimum Gasteiger partial charge on any atom is -0.477 e. The lowest BCUT2D eigenvalue weighted by Gasteiger charge is -2.24. The van der Waals surface area contributed by atoms with Gasteiger partial charge in [0.05, 0.1) is 12.2 Å². The van der Waals surface area contributed by atoms with Gasteiger partial charge in [-0.2, -0.15) is 5.10 Å². The second kappa shape index (κ2) is 7.56. The van der Waals surface area contributed by atoms with Crippen molar-refractivity contribution in [2.75, 3.05) is 10.6 Å². The van der Waals surface area contributed by atoms with E-state index in [2.05, 4.69) is 31.7 Å². The predicted molar refractivity (Wildman–Crippen MR) is 113 cm³/mol.